The van der Waals surface area contributed by atoms with Gasteiger partial charge < -0.3 is 5.11 Å². The van der Waals surface area contributed by atoms with E-state index < -0.39 is 39.9 Å². The molecule has 1 heterocycles. The summed E-state index contributed by atoms with van der Waals surface area (Å²) in [5.41, 5.74) is -0.554. The third kappa shape index (κ3) is 3.21. The molecule has 0 spiro atoms. The topological polar surface area (TPSA) is 66.4 Å². The van der Waals surface area contributed by atoms with Crippen LogP contribution in [0.2, 0.25) is 0 Å². The monoisotopic (exact) mass is 319 g/mol. The fourth-order valence-electron chi connectivity index (χ4n) is 1.61. The van der Waals surface area contributed by atoms with Crippen LogP contribution in [0, 0.1) is 11.6 Å². The smallest absolute Gasteiger partial charge is 0.250 e. The fourth-order valence-corrected chi connectivity index (χ4v) is 3.68. The SMILES string of the molecule is O=S(=O)(NCC(O)c1c(F)cccc1F)c1cccs1. The van der Waals surface area contributed by atoms with Crippen molar-refractivity contribution in [1.82, 2.24) is 4.72 Å². The van der Waals surface area contributed by atoms with Crippen molar-refractivity contribution in [2.24, 2.45) is 0 Å². The molecule has 8 heteroatoms. The van der Waals surface area contributed by atoms with Gasteiger partial charge in [0.2, 0.25) is 10.0 Å². The first kappa shape index (κ1) is 15.0. The molecule has 0 aliphatic heterocycles. The minimum Gasteiger partial charge on any atom is -0.387 e. The Hall–Kier alpha value is -1.35. The molecule has 4 nitrogen and oxygen atoms in total. The number of hydrogen-bond donors (Lipinski definition) is 2. The average molecular weight is 319 g/mol. The number of sulfonamides is 1. The van der Waals surface area contributed by atoms with Gasteiger partial charge in [0.25, 0.3) is 0 Å². The summed E-state index contributed by atoms with van der Waals surface area (Å²) in [6.07, 6.45) is -1.61. The van der Waals surface area contributed by atoms with Crippen LogP contribution in [0.15, 0.2) is 39.9 Å². The molecule has 108 valence electrons. The van der Waals surface area contributed by atoms with Gasteiger partial charge in [-0.05, 0) is 23.6 Å². The van der Waals surface area contributed by atoms with Gasteiger partial charge in [-0.25, -0.2) is 21.9 Å². The molecule has 0 bridgehead atoms. The molecule has 1 aromatic carbocycles. The Morgan fingerprint density at radius 1 is 1.20 bits per heavy atom. The maximum Gasteiger partial charge on any atom is 0.250 e. The Balaban J connectivity index is 2.12. The molecule has 20 heavy (non-hydrogen) atoms. The Labute approximate surface area is 118 Å². The van der Waals surface area contributed by atoms with E-state index in [1.54, 1.807) is 11.4 Å². The van der Waals surface area contributed by atoms with Gasteiger partial charge in [-0.15, -0.1) is 11.3 Å². The minimum absolute atomic E-state index is 0.0682. The lowest BCUT2D eigenvalue weighted by Gasteiger charge is -2.13. The van der Waals surface area contributed by atoms with Gasteiger partial charge in [0, 0.05) is 6.54 Å². The average Bonchev–Trinajstić information content (AvgIpc) is 2.91. The van der Waals surface area contributed by atoms with Crippen LogP contribution in [0.4, 0.5) is 8.78 Å². The predicted octanol–water partition coefficient (Wildman–Crippen LogP) is 2.04. The van der Waals surface area contributed by atoms with Crippen molar-refractivity contribution in [2.75, 3.05) is 6.54 Å². The van der Waals surface area contributed by atoms with Crippen LogP contribution in [0.1, 0.15) is 11.7 Å². The second-order valence-corrected chi connectivity index (χ2v) is 6.88. The number of halogens is 2. The van der Waals surface area contributed by atoms with Crippen LogP contribution in [0.25, 0.3) is 0 Å². The zero-order chi connectivity index (χ0) is 14.8. The summed E-state index contributed by atoms with van der Waals surface area (Å²) >= 11 is 1.00. The lowest BCUT2D eigenvalue weighted by molar-refractivity contribution is 0.172. The van der Waals surface area contributed by atoms with Gasteiger partial charge >= 0.3 is 0 Å². The fraction of sp³-hybridized carbons (Fsp3) is 0.167. The quantitative estimate of drug-likeness (QED) is 0.886. The lowest BCUT2D eigenvalue weighted by atomic mass is 10.1. The molecular weight excluding hydrogens is 308 g/mol. The molecule has 2 aromatic rings. The van der Waals surface area contributed by atoms with Gasteiger partial charge in [-0.3, -0.25) is 0 Å². The molecule has 0 amide bonds. The number of hydrogen-bond acceptors (Lipinski definition) is 4. The normalized spacial score (nSPS) is 13.3. The molecule has 0 aliphatic carbocycles. The minimum atomic E-state index is -3.78. The van der Waals surface area contributed by atoms with Crippen LogP contribution >= 0.6 is 11.3 Å². The molecule has 2 rings (SSSR count). The standard InChI is InChI=1S/C12H11F2NO3S2/c13-8-3-1-4-9(14)12(8)10(16)7-15-20(17,18)11-5-2-6-19-11/h1-6,10,15-16H,7H2. The van der Waals surface area contributed by atoms with Gasteiger partial charge in [-0.2, -0.15) is 0 Å². The van der Waals surface area contributed by atoms with E-state index in [4.69, 9.17) is 0 Å². The van der Waals surface area contributed by atoms with Crippen molar-refractivity contribution in [3.63, 3.8) is 0 Å². The van der Waals surface area contributed by atoms with E-state index in [2.05, 4.69) is 4.72 Å². The third-order valence-electron chi connectivity index (χ3n) is 2.56. The molecule has 0 saturated heterocycles. The first-order chi connectivity index (χ1) is 9.42. The van der Waals surface area contributed by atoms with Crippen molar-refractivity contribution in [2.45, 2.75) is 10.3 Å². The second kappa shape index (κ2) is 5.96. The first-order valence-electron chi connectivity index (χ1n) is 5.57. The van der Waals surface area contributed by atoms with Crippen LogP contribution in [-0.4, -0.2) is 20.1 Å². The summed E-state index contributed by atoms with van der Waals surface area (Å²) in [4.78, 5) is 0. The predicted molar refractivity (Wildman–Crippen MR) is 70.8 cm³/mol. The maximum absolute atomic E-state index is 13.4. The summed E-state index contributed by atoms with van der Waals surface area (Å²) in [6.45, 7) is -0.516. The Bertz CT molecular complexity index is 666. The van der Waals surface area contributed by atoms with E-state index >= 15 is 0 Å². The van der Waals surface area contributed by atoms with Crippen LogP contribution in [-0.2, 0) is 10.0 Å². The highest BCUT2D eigenvalue weighted by molar-refractivity contribution is 7.91. The van der Waals surface area contributed by atoms with Crippen LogP contribution < -0.4 is 4.72 Å². The molecular formula is C12H11F2NO3S2. The van der Waals surface area contributed by atoms with Crippen LogP contribution in [0.3, 0.4) is 0 Å². The van der Waals surface area contributed by atoms with E-state index in [1.165, 1.54) is 6.07 Å². The van der Waals surface area contributed by atoms with E-state index in [-0.39, 0.29) is 4.21 Å². The van der Waals surface area contributed by atoms with Gasteiger partial charge in [0.05, 0.1) is 11.7 Å². The molecule has 0 radical (unpaired) electrons. The number of rotatable bonds is 5. The number of thiophene rings is 1. The van der Waals surface area contributed by atoms with Gasteiger partial charge in [-0.1, -0.05) is 12.1 Å². The highest BCUT2D eigenvalue weighted by atomic mass is 32.2. The molecule has 1 atom stereocenters. The van der Waals surface area contributed by atoms with Gasteiger partial charge in [0.15, 0.2) is 0 Å². The summed E-state index contributed by atoms with van der Waals surface area (Å²) in [6, 6.07) is 6.11. The number of benzene rings is 1. The molecule has 1 unspecified atom stereocenters. The molecule has 0 aliphatic rings. The van der Waals surface area contributed by atoms with E-state index in [1.807, 2.05) is 0 Å². The number of aliphatic hydroxyl groups excluding tert-OH is 1. The Morgan fingerprint density at radius 2 is 1.85 bits per heavy atom. The molecule has 0 saturated carbocycles. The molecule has 2 N–H and O–H groups in total. The highest BCUT2D eigenvalue weighted by Crippen LogP contribution is 2.21. The lowest BCUT2D eigenvalue weighted by Crippen LogP contribution is -2.28. The summed E-state index contributed by atoms with van der Waals surface area (Å²) in [7, 11) is -3.78. The van der Waals surface area contributed by atoms with E-state index in [0.717, 1.165) is 29.5 Å². The van der Waals surface area contributed by atoms with Crippen molar-refractivity contribution in [1.29, 1.82) is 0 Å². The first-order valence-corrected chi connectivity index (χ1v) is 7.93. The largest absolute Gasteiger partial charge is 0.387 e. The van der Waals surface area contributed by atoms with Crippen molar-refractivity contribution in [3.05, 3.63) is 52.9 Å². The zero-order valence-electron chi connectivity index (χ0n) is 10.1. The molecule has 1 aromatic heterocycles. The van der Waals surface area contributed by atoms with Gasteiger partial charge in [0.1, 0.15) is 15.8 Å². The van der Waals surface area contributed by atoms with Crippen molar-refractivity contribution >= 4 is 21.4 Å². The zero-order valence-corrected chi connectivity index (χ0v) is 11.7. The van der Waals surface area contributed by atoms with Crippen molar-refractivity contribution < 1.29 is 22.3 Å². The molecule has 0 fully saturated rings. The third-order valence-corrected chi connectivity index (χ3v) is 5.38. The maximum atomic E-state index is 13.4. The number of nitrogens with one attached hydrogen (secondary N) is 1. The van der Waals surface area contributed by atoms with Crippen LogP contribution in [0.5, 0.6) is 0 Å². The summed E-state index contributed by atoms with van der Waals surface area (Å²) < 4.78 is 52.6. The van der Waals surface area contributed by atoms with E-state index in [0.29, 0.717) is 0 Å². The van der Waals surface area contributed by atoms with Crippen molar-refractivity contribution in [3.8, 4) is 0 Å². The number of aliphatic hydroxyl groups is 1. The second-order valence-electron chi connectivity index (χ2n) is 3.94. The summed E-state index contributed by atoms with van der Waals surface area (Å²) in [5.74, 6) is -1.85. The Kier molecular flexibility index (Phi) is 4.48. The Morgan fingerprint density at radius 3 is 2.40 bits per heavy atom. The summed E-state index contributed by atoms with van der Waals surface area (Å²) in [5, 5.41) is 11.3. The highest BCUT2D eigenvalue weighted by Gasteiger charge is 2.21. The van der Waals surface area contributed by atoms with E-state index in [9.17, 15) is 22.3 Å².